The van der Waals surface area contributed by atoms with Crippen LogP contribution in [0, 0.1) is 17.2 Å². The predicted octanol–water partition coefficient (Wildman–Crippen LogP) is 2.07. The Balaban J connectivity index is 0.000000213. The minimum Gasteiger partial charge on any atom is -0.314 e. The van der Waals surface area contributed by atoms with Crippen molar-refractivity contribution < 1.29 is 0 Å². The Morgan fingerprint density at radius 3 is 2.58 bits per heavy atom. The number of rotatable bonds is 0. The predicted molar refractivity (Wildman–Crippen MR) is 49.7 cm³/mol. The average molecular weight is 166 g/mol. The van der Waals surface area contributed by atoms with Crippen LogP contribution in [0.5, 0.6) is 0 Å². The first-order chi connectivity index (χ1) is 5.88. The van der Waals surface area contributed by atoms with Crippen molar-refractivity contribution in [1.29, 1.82) is 5.26 Å². The molecule has 2 atom stereocenters. The molecule has 0 aromatic rings. The van der Waals surface area contributed by atoms with E-state index in [2.05, 4.69) is 5.32 Å². The van der Waals surface area contributed by atoms with E-state index in [0.29, 0.717) is 0 Å². The van der Waals surface area contributed by atoms with Crippen molar-refractivity contribution in [2.45, 2.75) is 45.1 Å². The highest BCUT2D eigenvalue weighted by Crippen LogP contribution is 2.29. The Labute approximate surface area is 75.0 Å². The van der Waals surface area contributed by atoms with Gasteiger partial charge in [0.2, 0.25) is 0 Å². The van der Waals surface area contributed by atoms with E-state index in [1.807, 2.05) is 0 Å². The number of fused-ring (bicyclic) bond motifs is 1. The van der Waals surface area contributed by atoms with E-state index in [-0.39, 0.29) is 0 Å². The van der Waals surface area contributed by atoms with Gasteiger partial charge in [0.1, 0.15) is 0 Å². The standard InChI is InChI=1S/C8H15N.C2H3N/c1-2-4-8-7(3-1)5-6-9-8;1-2-3/h7-9H,1-6H2;1H3. The van der Waals surface area contributed by atoms with Crippen molar-refractivity contribution in [3.63, 3.8) is 0 Å². The molecule has 2 unspecified atom stereocenters. The molecule has 2 fully saturated rings. The third kappa shape index (κ3) is 2.49. The molecule has 1 heterocycles. The summed E-state index contributed by atoms with van der Waals surface area (Å²) >= 11 is 0. The largest absolute Gasteiger partial charge is 0.314 e. The molecule has 0 aromatic carbocycles. The number of nitrogens with one attached hydrogen (secondary N) is 1. The van der Waals surface area contributed by atoms with Crippen molar-refractivity contribution in [3.8, 4) is 6.07 Å². The van der Waals surface area contributed by atoms with E-state index in [4.69, 9.17) is 5.26 Å². The van der Waals surface area contributed by atoms with E-state index < -0.39 is 0 Å². The average Bonchev–Trinajstić information content (AvgIpc) is 2.52. The Morgan fingerprint density at radius 1 is 1.25 bits per heavy atom. The molecular formula is C10H18N2. The summed E-state index contributed by atoms with van der Waals surface area (Å²) in [5.41, 5.74) is 0. The van der Waals surface area contributed by atoms with Gasteiger partial charge in [0.15, 0.2) is 0 Å². The Morgan fingerprint density at radius 2 is 1.92 bits per heavy atom. The fourth-order valence-corrected chi connectivity index (χ4v) is 2.28. The lowest BCUT2D eigenvalue weighted by Gasteiger charge is -2.24. The van der Waals surface area contributed by atoms with Crippen LogP contribution in [0.1, 0.15) is 39.0 Å². The van der Waals surface area contributed by atoms with Crippen LogP contribution in [0.25, 0.3) is 0 Å². The molecule has 12 heavy (non-hydrogen) atoms. The van der Waals surface area contributed by atoms with Crippen molar-refractivity contribution in [2.75, 3.05) is 6.54 Å². The van der Waals surface area contributed by atoms with Gasteiger partial charge in [-0.25, -0.2) is 0 Å². The Hall–Kier alpha value is -0.550. The van der Waals surface area contributed by atoms with Crippen LogP contribution in [-0.4, -0.2) is 12.6 Å². The van der Waals surface area contributed by atoms with Crippen LogP contribution in [0.3, 0.4) is 0 Å². The monoisotopic (exact) mass is 166 g/mol. The molecule has 0 aromatic heterocycles. The zero-order chi connectivity index (χ0) is 8.81. The molecular weight excluding hydrogens is 148 g/mol. The van der Waals surface area contributed by atoms with Gasteiger partial charge in [-0.1, -0.05) is 12.8 Å². The molecule has 0 amide bonds. The second kappa shape index (κ2) is 5.16. The van der Waals surface area contributed by atoms with Gasteiger partial charge >= 0.3 is 0 Å². The molecule has 2 heteroatoms. The summed E-state index contributed by atoms with van der Waals surface area (Å²) in [5, 5.41) is 10.9. The van der Waals surface area contributed by atoms with Gasteiger partial charge in [-0.3, -0.25) is 0 Å². The number of hydrogen-bond donors (Lipinski definition) is 1. The van der Waals surface area contributed by atoms with Crippen molar-refractivity contribution >= 4 is 0 Å². The van der Waals surface area contributed by atoms with Gasteiger partial charge in [-0.05, 0) is 31.7 Å². The molecule has 2 rings (SSSR count). The SMILES string of the molecule is C1CCC2NCCC2C1.CC#N. The van der Waals surface area contributed by atoms with Gasteiger partial charge in [0.25, 0.3) is 0 Å². The minimum absolute atomic E-state index is 0.916. The molecule has 0 radical (unpaired) electrons. The Bertz CT molecular complexity index is 148. The maximum absolute atomic E-state index is 7.32. The highest BCUT2D eigenvalue weighted by Gasteiger charge is 2.28. The third-order valence-corrected chi connectivity index (χ3v) is 2.83. The fraction of sp³-hybridized carbons (Fsp3) is 0.900. The molecule has 1 aliphatic carbocycles. The fourth-order valence-electron chi connectivity index (χ4n) is 2.28. The molecule has 68 valence electrons. The summed E-state index contributed by atoms with van der Waals surface area (Å²) in [6.45, 7) is 2.72. The topological polar surface area (TPSA) is 35.8 Å². The second-order valence-electron chi connectivity index (χ2n) is 3.62. The van der Waals surface area contributed by atoms with E-state index >= 15 is 0 Å². The first-order valence-corrected chi connectivity index (χ1v) is 4.92. The summed E-state index contributed by atoms with van der Waals surface area (Å²) in [7, 11) is 0. The van der Waals surface area contributed by atoms with Gasteiger partial charge in [-0.15, -0.1) is 0 Å². The molecule has 2 aliphatic rings. The minimum atomic E-state index is 0.916. The van der Waals surface area contributed by atoms with E-state index in [1.165, 1.54) is 45.6 Å². The Kier molecular flexibility index (Phi) is 4.10. The maximum Gasteiger partial charge on any atom is 0.0587 e. The zero-order valence-corrected chi connectivity index (χ0v) is 7.84. The van der Waals surface area contributed by atoms with Crippen LogP contribution >= 0.6 is 0 Å². The second-order valence-corrected chi connectivity index (χ2v) is 3.62. The lowest BCUT2D eigenvalue weighted by molar-refractivity contribution is 0.326. The van der Waals surface area contributed by atoms with E-state index in [9.17, 15) is 0 Å². The van der Waals surface area contributed by atoms with Gasteiger partial charge in [0, 0.05) is 13.0 Å². The zero-order valence-electron chi connectivity index (χ0n) is 7.84. The normalized spacial score (nSPS) is 32.7. The number of nitriles is 1. The summed E-state index contributed by atoms with van der Waals surface area (Å²) < 4.78 is 0. The van der Waals surface area contributed by atoms with E-state index in [1.54, 1.807) is 6.07 Å². The lowest BCUT2D eigenvalue weighted by atomic mass is 9.86. The molecule has 0 spiro atoms. The first kappa shape index (κ1) is 9.54. The maximum atomic E-state index is 7.32. The summed E-state index contributed by atoms with van der Waals surface area (Å²) in [4.78, 5) is 0. The van der Waals surface area contributed by atoms with Crippen LogP contribution in [0.15, 0.2) is 0 Å². The number of hydrogen-bond acceptors (Lipinski definition) is 2. The number of nitrogens with zero attached hydrogens (tertiary/aromatic N) is 1. The molecule has 1 saturated carbocycles. The lowest BCUT2D eigenvalue weighted by Crippen LogP contribution is -2.29. The highest BCUT2D eigenvalue weighted by molar-refractivity contribution is 4.86. The summed E-state index contributed by atoms with van der Waals surface area (Å²) in [6.07, 6.45) is 7.35. The first-order valence-electron chi connectivity index (χ1n) is 4.92. The molecule has 0 bridgehead atoms. The van der Waals surface area contributed by atoms with Crippen molar-refractivity contribution in [3.05, 3.63) is 0 Å². The smallest absolute Gasteiger partial charge is 0.0587 e. The van der Waals surface area contributed by atoms with E-state index in [0.717, 1.165) is 12.0 Å². The van der Waals surface area contributed by atoms with Gasteiger partial charge in [0.05, 0.1) is 6.07 Å². The van der Waals surface area contributed by atoms with Crippen molar-refractivity contribution in [2.24, 2.45) is 5.92 Å². The van der Waals surface area contributed by atoms with Crippen LogP contribution < -0.4 is 5.32 Å². The van der Waals surface area contributed by atoms with Crippen LogP contribution in [-0.2, 0) is 0 Å². The quantitative estimate of drug-likeness (QED) is 0.598. The molecule has 1 aliphatic heterocycles. The highest BCUT2D eigenvalue weighted by atomic mass is 15.0. The van der Waals surface area contributed by atoms with Crippen LogP contribution in [0.4, 0.5) is 0 Å². The summed E-state index contributed by atoms with van der Waals surface area (Å²) in [5.74, 6) is 1.05. The molecule has 2 nitrogen and oxygen atoms in total. The van der Waals surface area contributed by atoms with Crippen molar-refractivity contribution in [1.82, 2.24) is 5.32 Å². The molecule has 1 saturated heterocycles. The van der Waals surface area contributed by atoms with Gasteiger partial charge in [-0.2, -0.15) is 5.26 Å². The van der Waals surface area contributed by atoms with Gasteiger partial charge < -0.3 is 5.32 Å². The van der Waals surface area contributed by atoms with Crippen LogP contribution in [0.2, 0.25) is 0 Å². The summed E-state index contributed by atoms with van der Waals surface area (Å²) in [6, 6.07) is 2.67. The molecule has 1 N–H and O–H groups in total. The third-order valence-electron chi connectivity index (χ3n) is 2.83.